The van der Waals surface area contributed by atoms with E-state index < -0.39 is 0 Å². The van der Waals surface area contributed by atoms with Gasteiger partial charge >= 0.3 is 0 Å². The summed E-state index contributed by atoms with van der Waals surface area (Å²) in [6.07, 6.45) is 2.47. The van der Waals surface area contributed by atoms with Crippen molar-refractivity contribution in [3.05, 3.63) is 12.4 Å². The first kappa shape index (κ1) is 14.0. The van der Waals surface area contributed by atoms with E-state index >= 15 is 0 Å². The van der Waals surface area contributed by atoms with Gasteiger partial charge in [-0.05, 0) is 13.8 Å². The molecule has 19 heavy (non-hydrogen) atoms. The zero-order valence-electron chi connectivity index (χ0n) is 11.7. The number of anilines is 1. The molecule has 1 aromatic rings. The number of aromatic nitrogens is 2. The summed E-state index contributed by atoms with van der Waals surface area (Å²) >= 11 is 0. The average molecular weight is 267 g/mol. The van der Waals surface area contributed by atoms with Crippen molar-refractivity contribution in [2.75, 3.05) is 32.2 Å². The molecule has 0 bridgehead atoms. The highest BCUT2D eigenvalue weighted by Gasteiger charge is 2.34. The van der Waals surface area contributed by atoms with Crippen LogP contribution in [0.1, 0.15) is 20.3 Å². The molecule has 1 unspecified atom stereocenters. The van der Waals surface area contributed by atoms with Crippen LogP contribution in [0.2, 0.25) is 0 Å². The first-order valence-electron chi connectivity index (χ1n) is 6.49. The minimum atomic E-state index is -0.260. The number of rotatable bonds is 6. The Bertz CT molecular complexity index is 406. The average Bonchev–Trinajstić information content (AvgIpc) is 2.86. The Labute approximate surface area is 113 Å². The van der Waals surface area contributed by atoms with E-state index in [-0.39, 0.29) is 11.7 Å². The fourth-order valence-corrected chi connectivity index (χ4v) is 1.95. The van der Waals surface area contributed by atoms with Gasteiger partial charge in [-0.25, -0.2) is 9.97 Å². The van der Waals surface area contributed by atoms with E-state index in [1.165, 1.54) is 6.33 Å². The van der Waals surface area contributed by atoms with E-state index in [0.29, 0.717) is 19.0 Å². The van der Waals surface area contributed by atoms with Crippen LogP contribution in [0.3, 0.4) is 0 Å². The lowest BCUT2D eigenvalue weighted by Gasteiger charge is -2.26. The second-order valence-corrected chi connectivity index (χ2v) is 4.95. The molecule has 1 fully saturated rings. The molecule has 0 spiro atoms. The first-order chi connectivity index (χ1) is 9.13. The third-order valence-corrected chi connectivity index (χ3v) is 3.09. The van der Waals surface area contributed by atoms with E-state index in [9.17, 15) is 0 Å². The first-order valence-corrected chi connectivity index (χ1v) is 6.49. The molecule has 2 rings (SSSR count). The van der Waals surface area contributed by atoms with Crippen LogP contribution in [0.4, 0.5) is 5.82 Å². The van der Waals surface area contributed by atoms with Crippen LogP contribution in [0.15, 0.2) is 12.4 Å². The number of methoxy groups -OCH3 is 1. The van der Waals surface area contributed by atoms with Crippen molar-refractivity contribution in [2.45, 2.75) is 32.0 Å². The third-order valence-electron chi connectivity index (χ3n) is 3.09. The highest BCUT2D eigenvalue weighted by Crippen LogP contribution is 2.23. The monoisotopic (exact) mass is 267 g/mol. The number of ether oxygens (including phenoxy) is 3. The summed E-state index contributed by atoms with van der Waals surface area (Å²) in [5.41, 5.74) is -0.260. The molecule has 0 saturated carbocycles. The molecule has 1 atom stereocenters. The van der Waals surface area contributed by atoms with E-state index in [2.05, 4.69) is 15.3 Å². The summed E-state index contributed by atoms with van der Waals surface area (Å²) < 4.78 is 16.5. The van der Waals surface area contributed by atoms with Gasteiger partial charge in [0.1, 0.15) is 17.7 Å². The standard InChI is InChI=1S/C13H21N3O3/c1-10(2)19-12-6-11(15-9-16-12)14-7-13(17-3)4-5-18-8-13/h6,9-10H,4-5,7-8H2,1-3H3,(H,14,15,16). The molecule has 0 aliphatic carbocycles. The van der Waals surface area contributed by atoms with Gasteiger partial charge in [0.15, 0.2) is 0 Å². The van der Waals surface area contributed by atoms with Crippen LogP contribution in [0.5, 0.6) is 5.88 Å². The Kier molecular flexibility index (Phi) is 4.55. The zero-order valence-corrected chi connectivity index (χ0v) is 11.7. The maximum Gasteiger partial charge on any atom is 0.218 e. The van der Waals surface area contributed by atoms with Gasteiger partial charge in [-0.3, -0.25) is 0 Å². The minimum absolute atomic E-state index is 0.0938. The van der Waals surface area contributed by atoms with Crippen molar-refractivity contribution < 1.29 is 14.2 Å². The molecule has 106 valence electrons. The molecule has 0 amide bonds. The molecule has 1 aliphatic heterocycles. The molecule has 1 N–H and O–H groups in total. The highest BCUT2D eigenvalue weighted by molar-refractivity contribution is 5.37. The number of nitrogens with zero attached hydrogens (tertiary/aromatic N) is 2. The summed E-state index contributed by atoms with van der Waals surface area (Å²) in [6, 6.07) is 1.79. The minimum Gasteiger partial charge on any atom is -0.475 e. The van der Waals surface area contributed by atoms with Crippen molar-refractivity contribution in [1.29, 1.82) is 0 Å². The maximum atomic E-state index is 5.55. The summed E-state index contributed by atoms with van der Waals surface area (Å²) in [5, 5.41) is 3.26. The van der Waals surface area contributed by atoms with Gasteiger partial charge in [0.25, 0.3) is 0 Å². The largest absolute Gasteiger partial charge is 0.475 e. The molecular formula is C13H21N3O3. The Morgan fingerprint density at radius 2 is 2.32 bits per heavy atom. The van der Waals surface area contributed by atoms with Gasteiger partial charge < -0.3 is 19.5 Å². The molecule has 6 nitrogen and oxygen atoms in total. The van der Waals surface area contributed by atoms with Crippen LogP contribution in [0, 0.1) is 0 Å². The van der Waals surface area contributed by atoms with E-state index in [1.807, 2.05) is 13.8 Å². The smallest absolute Gasteiger partial charge is 0.218 e. The highest BCUT2D eigenvalue weighted by atomic mass is 16.5. The van der Waals surface area contributed by atoms with Gasteiger partial charge in [-0.2, -0.15) is 0 Å². The van der Waals surface area contributed by atoms with Gasteiger partial charge in [-0.1, -0.05) is 0 Å². The molecule has 0 radical (unpaired) electrons. The fourth-order valence-electron chi connectivity index (χ4n) is 1.95. The quantitative estimate of drug-likeness (QED) is 0.842. The van der Waals surface area contributed by atoms with E-state index in [1.54, 1.807) is 13.2 Å². The third kappa shape index (κ3) is 3.78. The van der Waals surface area contributed by atoms with Crippen molar-refractivity contribution >= 4 is 5.82 Å². The second kappa shape index (κ2) is 6.16. The Morgan fingerprint density at radius 3 is 2.95 bits per heavy atom. The van der Waals surface area contributed by atoms with Crippen molar-refractivity contribution in [2.24, 2.45) is 0 Å². The van der Waals surface area contributed by atoms with Gasteiger partial charge in [0.2, 0.25) is 5.88 Å². The summed E-state index contributed by atoms with van der Waals surface area (Å²) in [4.78, 5) is 8.24. The maximum absolute atomic E-state index is 5.55. The lowest BCUT2D eigenvalue weighted by Crippen LogP contribution is -2.39. The van der Waals surface area contributed by atoms with E-state index in [4.69, 9.17) is 14.2 Å². The second-order valence-electron chi connectivity index (χ2n) is 4.95. The number of hydrogen-bond donors (Lipinski definition) is 1. The lowest BCUT2D eigenvalue weighted by molar-refractivity contribution is -0.00626. The molecular weight excluding hydrogens is 246 g/mol. The summed E-state index contributed by atoms with van der Waals surface area (Å²) in [7, 11) is 1.71. The lowest BCUT2D eigenvalue weighted by atomic mass is 10.0. The SMILES string of the molecule is COC1(CNc2cc(OC(C)C)ncn2)CCOC1. The van der Waals surface area contributed by atoms with Gasteiger partial charge in [0.05, 0.1) is 12.7 Å². The molecule has 2 heterocycles. The Morgan fingerprint density at radius 1 is 1.47 bits per heavy atom. The predicted molar refractivity (Wildman–Crippen MR) is 71.5 cm³/mol. The van der Waals surface area contributed by atoms with Gasteiger partial charge in [-0.15, -0.1) is 0 Å². The molecule has 6 heteroatoms. The summed E-state index contributed by atoms with van der Waals surface area (Å²) in [6.45, 7) is 5.93. The van der Waals surface area contributed by atoms with Crippen LogP contribution >= 0.6 is 0 Å². The Hall–Kier alpha value is -1.40. The van der Waals surface area contributed by atoms with Crippen LogP contribution in [-0.4, -0.2) is 48.5 Å². The van der Waals surface area contributed by atoms with Gasteiger partial charge in [0, 0.05) is 32.7 Å². The molecule has 1 aromatic heterocycles. The van der Waals surface area contributed by atoms with Crippen molar-refractivity contribution in [3.63, 3.8) is 0 Å². The molecule has 1 aliphatic rings. The number of nitrogens with one attached hydrogen (secondary N) is 1. The van der Waals surface area contributed by atoms with Crippen molar-refractivity contribution in [1.82, 2.24) is 9.97 Å². The van der Waals surface area contributed by atoms with Crippen LogP contribution < -0.4 is 10.1 Å². The van der Waals surface area contributed by atoms with Crippen molar-refractivity contribution in [3.8, 4) is 5.88 Å². The summed E-state index contributed by atoms with van der Waals surface area (Å²) in [5.74, 6) is 1.30. The molecule has 0 aromatic carbocycles. The van der Waals surface area contributed by atoms with E-state index in [0.717, 1.165) is 18.8 Å². The fraction of sp³-hybridized carbons (Fsp3) is 0.692. The Balaban J connectivity index is 1.95. The number of hydrogen-bond acceptors (Lipinski definition) is 6. The van der Waals surface area contributed by atoms with Crippen LogP contribution in [0.25, 0.3) is 0 Å². The zero-order chi connectivity index (χ0) is 13.7. The molecule has 1 saturated heterocycles. The normalized spacial score (nSPS) is 22.7. The van der Waals surface area contributed by atoms with Crippen LogP contribution in [-0.2, 0) is 9.47 Å². The topological polar surface area (TPSA) is 65.5 Å². The predicted octanol–water partition coefficient (Wildman–Crippen LogP) is 1.48.